The summed E-state index contributed by atoms with van der Waals surface area (Å²) in [6.45, 7) is 8.80. The second-order valence-electron chi connectivity index (χ2n) is 6.82. The molecule has 1 atom stereocenters. The van der Waals surface area contributed by atoms with Crippen molar-refractivity contribution in [3.63, 3.8) is 0 Å². The van der Waals surface area contributed by atoms with Crippen molar-refractivity contribution in [3.05, 3.63) is 35.9 Å². The first-order valence-corrected chi connectivity index (χ1v) is 9.63. The maximum Gasteiger partial charge on any atom is 0.239 e. The highest BCUT2D eigenvalue weighted by atomic mass is 16.2. The van der Waals surface area contributed by atoms with Crippen molar-refractivity contribution in [2.75, 3.05) is 45.8 Å². The van der Waals surface area contributed by atoms with Gasteiger partial charge in [0.05, 0.1) is 12.6 Å². The Balaban J connectivity index is 1.85. The first-order valence-electron chi connectivity index (χ1n) is 9.63. The first-order chi connectivity index (χ1) is 12.5. The second kappa shape index (κ2) is 10.3. The summed E-state index contributed by atoms with van der Waals surface area (Å²) in [5.41, 5.74) is 7.24. The molecule has 1 fully saturated rings. The van der Waals surface area contributed by atoms with Gasteiger partial charge in [-0.1, -0.05) is 30.3 Å². The third-order valence-corrected chi connectivity index (χ3v) is 4.99. The molecular formula is C20H32N4O2. The Morgan fingerprint density at radius 1 is 1.08 bits per heavy atom. The van der Waals surface area contributed by atoms with Crippen LogP contribution in [0.3, 0.4) is 0 Å². The van der Waals surface area contributed by atoms with E-state index >= 15 is 0 Å². The molecule has 0 aromatic heterocycles. The quantitative estimate of drug-likeness (QED) is 0.786. The van der Waals surface area contributed by atoms with Gasteiger partial charge in [0.15, 0.2) is 0 Å². The molecule has 0 radical (unpaired) electrons. The standard InChI is InChI=1S/C20H32N4O2/c1-3-23(4-2)19(25)16-22-11-8-12-24(14-13-22)20(26)18(21)15-17-9-6-5-7-10-17/h5-7,9-10,18H,3-4,8,11-16,21H2,1-2H3. The van der Waals surface area contributed by atoms with Crippen molar-refractivity contribution >= 4 is 11.8 Å². The molecule has 0 spiro atoms. The lowest BCUT2D eigenvalue weighted by Crippen LogP contribution is -2.46. The summed E-state index contributed by atoms with van der Waals surface area (Å²) in [6.07, 6.45) is 1.43. The molecule has 6 nitrogen and oxygen atoms in total. The summed E-state index contributed by atoms with van der Waals surface area (Å²) in [5, 5.41) is 0. The lowest BCUT2D eigenvalue weighted by atomic mass is 10.1. The average molecular weight is 361 g/mol. The van der Waals surface area contributed by atoms with E-state index in [4.69, 9.17) is 5.73 Å². The predicted octanol–water partition coefficient (Wildman–Crippen LogP) is 0.959. The maximum atomic E-state index is 12.7. The summed E-state index contributed by atoms with van der Waals surface area (Å²) >= 11 is 0. The summed E-state index contributed by atoms with van der Waals surface area (Å²) in [5.74, 6) is 0.168. The van der Waals surface area contributed by atoms with Crippen molar-refractivity contribution in [1.82, 2.24) is 14.7 Å². The van der Waals surface area contributed by atoms with Crippen molar-refractivity contribution in [3.8, 4) is 0 Å². The lowest BCUT2D eigenvalue weighted by molar-refractivity contribution is -0.132. The molecule has 6 heteroatoms. The van der Waals surface area contributed by atoms with Gasteiger partial charge in [-0.15, -0.1) is 0 Å². The zero-order valence-electron chi connectivity index (χ0n) is 16.1. The number of nitrogens with zero attached hydrogens (tertiary/aromatic N) is 3. The van der Waals surface area contributed by atoms with E-state index in [1.54, 1.807) is 0 Å². The number of hydrogen-bond donors (Lipinski definition) is 1. The summed E-state index contributed by atoms with van der Waals surface area (Å²) in [4.78, 5) is 30.8. The van der Waals surface area contributed by atoms with E-state index in [2.05, 4.69) is 4.90 Å². The number of carbonyl (C=O) groups excluding carboxylic acids is 2. The van der Waals surface area contributed by atoms with Gasteiger partial charge in [0.1, 0.15) is 0 Å². The molecule has 0 bridgehead atoms. The minimum absolute atomic E-state index is 0.00534. The van der Waals surface area contributed by atoms with Gasteiger partial charge in [0, 0.05) is 39.3 Å². The van der Waals surface area contributed by atoms with Crippen LogP contribution < -0.4 is 5.73 Å². The van der Waals surface area contributed by atoms with Crippen molar-refractivity contribution in [2.24, 2.45) is 5.73 Å². The molecule has 0 saturated carbocycles. The minimum Gasteiger partial charge on any atom is -0.342 e. The zero-order valence-corrected chi connectivity index (χ0v) is 16.1. The van der Waals surface area contributed by atoms with Gasteiger partial charge < -0.3 is 15.5 Å². The van der Waals surface area contributed by atoms with Crippen LogP contribution in [0.4, 0.5) is 0 Å². The highest BCUT2D eigenvalue weighted by Gasteiger charge is 2.25. The molecule has 1 aromatic rings. The lowest BCUT2D eigenvalue weighted by Gasteiger charge is -2.26. The molecule has 2 N–H and O–H groups in total. The largest absolute Gasteiger partial charge is 0.342 e. The Bertz CT molecular complexity index is 574. The minimum atomic E-state index is -0.513. The molecule has 1 aromatic carbocycles. The molecule has 1 unspecified atom stereocenters. The number of nitrogens with two attached hydrogens (primary N) is 1. The SMILES string of the molecule is CCN(CC)C(=O)CN1CCCN(C(=O)C(N)Cc2ccccc2)CC1. The van der Waals surface area contributed by atoms with E-state index < -0.39 is 6.04 Å². The first kappa shape index (κ1) is 20.4. The van der Waals surface area contributed by atoms with E-state index in [1.807, 2.05) is 54.0 Å². The number of hydrogen-bond acceptors (Lipinski definition) is 4. The van der Waals surface area contributed by atoms with Crippen LogP contribution in [0.15, 0.2) is 30.3 Å². The molecule has 1 heterocycles. The molecular weight excluding hydrogens is 328 g/mol. The fourth-order valence-corrected chi connectivity index (χ4v) is 3.41. The maximum absolute atomic E-state index is 12.7. The van der Waals surface area contributed by atoms with Gasteiger partial charge in [-0.3, -0.25) is 14.5 Å². The molecule has 1 aliphatic rings. The Morgan fingerprint density at radius 2 is 1.77 bits per heavy atom. The molecule has 1 aliphatic heterocycles. The highest BCUT2D eigenvalue weighted by molar-refractivity contribution is 5.82. The van der Waals surface area contributed by atoms with Gasteiger partial charge in [0.25, 0.3) is 0 Å². The molecule has 0 aliphatic carbocycles. The number of amides is 2. The predicted molar refractivity (Wildman–Crippen MR) is 104 cm³/mol. The number of benzene rings is 1. The fraction of sp³-hybridized carbons (Fsp3) is 0.600. The van der Waals surface area contributed by atoms with Gasteiger partial charge >= 0.3 is 0 Å². The van der Waals surface area contributed by atoms with Crippen LogP contribution in [-0.2, 0) is 16.0 Å². The van der Waals surface area contributed by atoms with Crippen LogP contribution in [0, 0.1) is 0 Å². The van der Waals surface area contributed by atoms with E-state index in [0.717, 1.165) is 38.2 Å². The van der Waals surface area contributed by atoms with Crippen molar-refractivity contribution < 1.29 is 9.59 Å². The molecule has 26 heavy (non-hydrogen) atoms. The van der Waals surface area contributed by atoms with E-state index in [1.165, 1.54) is 0 Å². The number of rotatable bonds is 7. The third-order valence-electron chi connectivity index (χ3n) is 4.99. The van der Waals surface area contributed by atoms with Gasteiger partial charge in [-0.2, -0.15) is 0 Å². The molecule has 2 rings (SSSR count). The topological polar surface area (TPSA) is 69.9 Å². The summed E-state index contributed by atoms with van der Waals surface area (Å²) in [6, 6.07) is 9.36. The Labute approximate surface area is 156 Å². The number of carbonyl (C=O) groups is 2. The molecule has 144 valence electrons. The molecule has 1 saturated heterocycles. The Hall–Kier alpha value is -1.92. The van der Waals surface area contributed by atoms with Crippen LogP contribution in [0.2, 0.25) is 0 Å². The second-order valence-corrected chi connectivity index (χ2v) is 6.82. The normalized spacial score (nSPS) is 16.8. The van der Waals surface area contributed by atoms with E-state index in [9.17, 15) is 9.59 Å². The molecule has 2 amide bonds. The van der Waals surface area contributed by atoms with Crippen LogP contribution >= 0.6 is 0 Å². The van der Waals surface area contributed by atoms with Crippen LogP contribution in [0.25, 0.3) is 0 Å². The Morgan fingerprint density at radius 3 is 2.42 bits per heavy atom. The van der Waals surface area contributed by atoms with Crippen LogP contribution in [0.1, 0.15) is 25.8 Å². The third kappa shape index (κ3) is 5.81. The zero-order chi connectivity index (χ0) is 18.9. The van der Waals surface area contributed by atoms with Crippen LogP contribution in [-0.4, -0.2) is 78.4 Å². The summed E-state index contributed by atoms with van der Waals surface area (Å²) in [7, 11) is 0. The average Bonchev–Trinajstić information content (AvgIpc) is 2.88. The van der Waals surface area contributed by atoms with Crippen LogP contribution in [0.5, 0.6) is 0 Å². The van der Waals surface area contributed by atoms with Crippen molar-refractivity contribution in [1.29, 1.82) is 0 Å². The van der Waals surface area contributed by atoms with Gasteiger partial charge in [0.2, 0.25) is 11.8 Å². The van der Waals surface area contributed by atoms with Crippen molar-refractivity contribution in [2.45, 2.75) is 32.7 Å². The Kier molecular flexibility index (Phi) is 8.06. The van der Waals surface area contributed by atoms with Gasteiger partial charge in [-0.05, 0) is 32.3 Å². The fourth-order valence-electron chi connectivity index (χ4n) is 3.41. The monoisotopic (exact) mass is 360 g/mol. The highest BCUT2D eigenvalue weighted by Crippen LogP contribution is 2.08. The summed E-state index contributed by atoms with van der Waals surface area (Å²) < 4.78 is 0. The number of likely N-dealkylation sites (N-methyl/N-ethyl adjacent to an activating group) is 1. The van der Waals surface area contributed by atoms with Gasteiger partial charge in [-0.25, -0.2) is 0 Å². The van der Waals surface area contributed by atoms with E-state index in [0.29, 0.717) is 26.1 Å². The van der Waals surface area contributed by atoms with E-state index in [-0.39, 0.29) is 11.8 Å². The smallest absolute Gasteiger partial charge is 0.239 e.